The van der Waals surface area contributed by atoms with Crippen molar-refractivity contribution in [1.29, 1.82) is 5.26 Å². The zero-order valence-corrected chi connectivity index (χ0v) is 7.09. The number of phenolic OH excluding ortho intramolecular Hbond substituents is 1. The van der Waals surface area contributed by atoms with Crippen LogP contribution in [-0.2, 0) is 0 Å². The van der Waals surface area contributed by atoms with E-state index in [4.69, 9.17) is 11.0 Å². The molecule has 0 saturated heterocycles. The minimum Gasteiger partial charge on any atom is -0.505 e. The lowest BCUT2D eigenvalue weighted by molar-refractivity contribution is 0.474. The minimum absolute atomic E-state index is 0.0796. The summed E-state index contributed by atoms with van der Waals surface area (Å²) < 4.78 is 0.347. The summed E-state index contributed by atoms with van der Waals surface area (Å²) >= 11 is 3.04. The molecular weight excluding hydrogens is 208 g/mol. The summed E-state index contributed by atoms with van der Waals surface area (Å²) in [5.41, 5.74) is 5.99. The van der Waals surface area contributed by atoms with Crippen molar-refractivity contribution in [2.45, 2.75) is 0 Å². The first kappa shape index (κ1) is 7.89. The average Bonchev–Trinajstić information content (AvgIpc) is 2.01. The Kier molecular flexibility index (Phi) is 2.01. The number of nitrogens with zero attached hydrogens (tertiary/aromatic N) is 1. The first-order valence-electron chi connectivity index (χ1n) is 2.84. The van der Waals surface area contributed by atoms with Gasteiger partial charge in [0, 0.05) is 0 Å². The van der Waals surface area contributed by atoms with Crippen LogP contribution in [0.25, 0.3) is 0 Å². The Bertz CT molecular complexity index is 330. The molecule has 0 unspecified atom stereocenters. The Morgan fingerprint density at radius 3 is 2.73 bits per heavy atom. The lowest BCUT2D eigenvalue weighted by Crippen LogP contribution is -1.87. The second kappa shape index (κ2) is 2.81. The van der Waals surface area contributed by atoms with Crippen molar-refractivity contribution < 1.29 is 5.11 Å². The SMILES string of the molecule is N#Cc1ccc(N)c(O)c1Br. The number of benzene rings is 1. The molecule has 0 amide bonds. The third-order valence-electron chi connectivity index (χ3n) is 1.27. The third-order valence-corrected chi connectivity index (χ3v) is 2.07. The predicted molar refractivity (Wildman–Crippen MR) is 44.9 cm³/mol. The normalized spacial score (nSPS) is 9.09. The van der Waals surface area contributed by atoms with Gasteiger partial charge in [-0.15, -0.1) is 0 Å². The lowest BCUT2D eigenvalue weighted by Gasteiger charge is -2.01. The Morgan fingerprint density at radius 2 is 2.18 bits per heavy atom. The Balaban J connectivity index is 3.40. The van der Waals surface area contributed by atoms with Crippen molar-refractivity contribution in [2.24, 2.45) is 0 Å². The highest BCUT2D eigenvalue weighted by atomic mass is 79.9. The topological polar surface area (TPSA) is 70.0 Å². The van der Waals surface area contributed by atoms with Crippen molar-refractivity contribution in [3.05, 3.63) is 22.2 Å². The summed E-state index contributed by atoms with van der Waals surface area (Å²) in [4.78, 5) is 0. The number of phenols is 1. The maximum Gasteiger partial charge on any atom is 0.154 e. The molecule has 0 radical (unpaired) electrons. The molecule has 0 atom stereocenters. The van der Waals surface area contributed by atoms with E-state index in [-0.39, 0.29) is 11.4 Å². The van der Waals surface area contributed by atoms with Gasteiger partial charge in [-0.25, -0.2) is 0 Å². The van der Waals surface area contributed by atoms with E-state index in [9.17, 15) is 5.11 Å². The van der Waals surface area contributed by atoms with Crippen molar-refractivity contribution >= 4 is 21.6 Å². The van der Waals surface area contributed by atoms with Crippen LogP contribution in [0.1, 0.15) is 5.56 Å². The van der Waals surface area contributed by atoms with Gasteiger partial charge in [0.05, 0.1) is 15.7 Å². The Hall–Kier alpha value is -1.21. The second-order valence-corrected chi connectivity index (χ2v) is 2.77. The molecule has 1 aromatic carbocycles. The fourth-order valence-corrected chi connectivity index (χ4v) is 1.12. The number of nitrogen functional groups attached to an aromatic ring is 1. The van der Waals surface area contributed by atoms with Gasteiger partial charge in [-0.2, -0.15) is 5.26 Å². The number of nitriles is 1. The molecule has 11 heavy (non-hydrogen) atoms. The van der Waals surface area contributed by atoms with E-state index in [2.05, 4.69) is 15.9 Å². The maximum atomic E-state index is 9.20. The maximum absolute atomic E-state index is 9.20. The van der Waals surface area contributed by atoms with Crippen molar-refractivity contribution in [2.75, 3.05) is 5.73 Å². The van der Waals surface area contributed by atoms with E-state index >= 15 is 0 Å². The van der Waals surface area contributed by atoms with Gasteiger partial charge in [0.15, 0.2) is 5.75 Å². The van der Waals surface area contributed by atoms with Gasteiger partial charge < -0.3 is 10.8 Å². The Labute approximate surface area is 72.2 Å². The molecule has 1 aromatic rings. The van der Waals surface area contributed by atoms with Crippen molar-refractivity contribution in [3.8, 4) is 11.8 Å². The molecule has 3 nitrogen and oxygen atoms in total. The number of rotatable bonds is 0. The molecule has 0 bridgehead atoms. The summed E-state index contributed by atoms with van der Waals surface area (Å²) in [6.07, 6.45) is 0. The molecule has 0 aliphatic carbocycles. The highest BCUT2D eigenvalue weighted by Crippen LogP contribution is 2.32. The van der Waals surface area contributed by atoms with E-state index in [0.717, 1.165) is 0 Å². The molecule has 0 heterocycles. The van der Waals surface area contributed by atoms with Crippen LogP contribution in [0, 0.1) is 11.3 Å². The van der Waals surface area contributed by atoms with Crippen LogP contribution in [0.15, 0.2) is 16.6 Å². The van der Waals surface area contributed by atoms with Gasteiger partial charge in [0.1, 0.15) is 6.07 Å². The Morgan fingerprint density at radius 1 is 1.55 bits per heavy atom. The van der Waals surface area contributed by atoms with E-state index < -0.39 is 0 Å². The second-order valence-electron chi connectivity index (χ2n) is 1.98. The number of halogens is 1. The average molecular weight is 213 g/mol. The van der Waals surface area contributed by atoms with Gasteiger partial charge in [0.2, 0.25) is 0 Å². The molecule has 0 saturated carbocycles. The van der Waals surface area contributed by atoms with E-state index in [1.54, 1.807) is 6.07 Å². The summed E-state index contributed by atoms with van der Waals surface area (Å²) in [5.74, 6) is -0.0796. The first-order valence-corrected chi connectivity index (χ1v) is 3.63. The first-order chi connectivity index (χ1) is 5.16. The van der Waals surface area contributed by atoms with Gasteiger partial charge in [-0.3, -0.25) is 0 Å². The highest BCUT2D eigenvalue weighted by molar-refractivity contribution is 9.10. The van der Waals surface area contributed by atoms with Crippen molar-refractivity contribution in [1.82, 2.24) is 0 Å². The molecule has 0 fully saturated rings. The van der Waals surface area contributed by atoms with E-state index in [1.165, 1.54) is 6.07 Å². The standard InChI is InChI=1S/C7H5BrN2O/c8-6-4(3-9)1-2-5(10)7(6)11/h1-2,11H,10H2. The van der Waals surface area contributed by atoms with E-state index in [1.807, 2.05) is 6.07 Å². The van der Waals surface area contributed by atoms with Crippen LogP contribution < -0.4 is 5.73 Å². The summed E-state index contributed by atoms with van der Waals surface area (Å²) in [7, 11) is 0. The van der Waals surface area contributed by atoms with Gasteiger partial charge in [-0.1, -0.05) is 0 Å². The number of hydrogen-bond acceptors (Lipinski definition) is 3. The van der Waals surface area contributed by atoms with E-state index in [0.29, 0.717) is 10.0 Å². The third kappa shape index (κ3) is 1.28. The summed E-state index contributed by atoms with van der Waals surface area (Å²) in [6.45, 7) is 0. The number of anilines is 1. The molecule has 3 N–H and O–H groups in total. The molecular formula is C7H5BrN2O. The highest BCUT2D eigenvalue weighted by Gasteiger charge is 2.06. The summed E-state index contributed by atoms with van der Waals surface area (Å²) in [6, 6.07) is 4.93. The minimum atomic E-state index is -0.0796. The van der Waals surface area contributed by atoms with Crippen LogP contribution >= 0.6 is 15.9 Å². The molecule has 56 valence electrons. The van der Waals surface area contributed by atoms with Crippen LogP contribution in [0.5, 0.6) is 5.75 Å². The van der Waals surface area contributed by atoms with Crippen LogP contribution in [0.2, 0.25) is 0 Å². The van der Waals surface area contributed by atoms with Crippen LogP contribution in [0.4, 0.5) is 5.69 Å². The molecule has 1 rings (SSSR count). The quantitative estimate of drug-likeness (QED) is 0.508. The van der Waals surface area contributed by atoms with Crippen molar-refractivity contribution in [3.63, 3.8) is 0 Å². The monoisotopic (exact) mass is 212 g/mol. The van der Waals surface area contributed by atoms with Crippen LogP contribution in [0.3, 0.4) is 0 Å². The number of aromatic hydroxyl groups is 1. The van der Waals surface area contributed by atoms with Crippen LogP contribution in [-0.4, -0.2) is 5.11 Å². The molecule has 0 aliphatic rings. The fraction of sp³-hybridized carbons (Fsp3) is 0. The predicted octanol–water partition coefficient (Wildman–Crippen LogP) is 1.61. The zero-order valence-electron chi connectivity index (χ0n) is 5.50. The van der Waals surface area contributed by atoms with Gasteiger partial charge >= 0.3 is 0 Å². The molecule has 0 aromatic heterocycles. The number of hydrogen-bond donors (Lipinski definition) is 2. The molecule has 0 spiro atoms. The van der Waals surface area contributed by atoms with Gasteiger partial charge in [0.25, 0.3) is 0 Å². The van der Waals surface area contributed by atoms with Gasteiger partial charge in [-0.05, 0) is 28.1 Å². The lowest BCUT2D eigenvalue weighted by atomic mass is 10.2. The molecule has 0 aliphatic heterocycles. The zero-order chi connectivity index (χ0) is 8.43. The number of nitrogens with two attached hydrogens (primary N) is 1. The fourth-order valence-electron chi connectivity index (χ4n) is 0.666. The smallest absolute Gasteiger partial charge is 0.154 e. The molecule has 4 heteroatoms. The summed E-state index contributed by atoms with van der Waals surface area (Å²) in [5, 5.41) is 17.7. The largest absolute Gasteiger partial charge is 0.505 e.